The molecule has 1 aliphatic carbocycles. The average molecular weight is 593 g/mol. The fraction of sp³-hybridized carbons (Fsp3) is 0.324. The molecule has 9 nitrogen and oxygen atoms in total. The fourth-order valence-corrected chi connectivity index (χ4v) is 6.72. The number of aryl methyl sites for hydroxylation is 1. The number of anilines is 2. The molecule has 3 aliphatic rings. The molecule has 0 bridgehead atoms. The molecule has 5 aromatic rings. The Labute approximate surface area is 253 Å². The summed E-state index contributed by atoms with van der Waals surface area (Å²) < 4.78 is 25.0. The van der Waals surface area contributed by atoms with Gasteiger partial charge in [-0.2, -0.15) is 0 Å². The molecule has 2 aliphatic heterocycles. The van der Waals surface area contributed by atoms with Crippen molar-refractivity contribution < 1.29 is 18.7 Å². The van der Waals surface area contributed by atoms with Gasteiger partial charge in [0.25, 0.3) is 5.91 Å². The minimum Gasteiger partial charge on any atom is -0.491 e. The quantitative estimate of drug-likeness (QED) is 0.258. The van der Waals surface area contributed by atoms with E-state index in [1.807, 2.05) is 25.2 Å². The zero-order valence-electron chi connectivity index (χ0n) is 24.5. The molecule has 44 heavy (non-hydrogen) atoms. The van der Waals surface area contributed by atoms with Gasteiger partial charge in [0, 0.05) is 50.0 Å². The van der Waals surface area contributed by atoms with Gasteiger partial charge in [0.2, 0.25) is 5.91 Å². The Balaban J connectivity index is 1.19. The van der Waals surface area contributed by atoms with Crippen molar-refractivity contribution in [2.24, 2.45) is 18.9 Å². The van der Waals surface area contributed by atoms with E-state index in [9.17, 15) is 14.0 Å². The van der Waals surface area contributed by atoms with Gasteiger partial charge in [-0.3, -0.25) is 9.59 Å². The Morgan fingerprint density at radius 2 is 1.93 bits per heavy atom. The Hall–Kier alpha value is -4.86. The first-order chi connectivity index (χ1) is 21.4. The number of benzene rings is 3. The van der Waals surface area contributed by atoms with E-state index in [0.717, 1.165) is 51.3 Å². The van der Waals surface area contributed by atoms with Crippen LogP contribution in [0, 0.1) is 17.7 Å². The molecule has 1 saturated heterocycles. The summed E-state index contributed by atoms with van der Waals surface area (Å²) in [6.07, 6.45) is 3.51. The molecule has 2 aromatic heterocycles. The normalized spacial score (nSPS) is 18.3. The molecule has 0 radical (unpaired) electrons. The molecule has 1 saturated carbocycles. The van der Waals surface area contributed by atoms with Gasteiger partial charge >= 0.3 is 0 Å². The Bertz CT molecular complexity index is 1990. The van der Waals surface area contributed by atoms with Gasteiger partial charge in [-0.1, -0.05) is 18.2 Å². The van der Waals surface area contributed by atoms with Crippen molar-refractivity contribution in [3.8, 4) is 17.3 Å². The van der Waals surface area contributed by atoms with E-state index < -0.39 is 5.82 Å². The minimum atomic E-state index is -0.535. The molecule has 1 atom stereocenters. The van der Waals surface area contributed by atoms with Crippen molar-refractivity contribution in [1.82, 2.24) is 19.4 Å². The van der Waals surface area contributed by atoms with E-state index in [1.165, 1.54) is 18.9 Å². The van der Waals surface area contributed by atoms with Crippen molar-refractivity contribution >= 4 is 45.1 Å². The SMILES string of the molecule is Cn1c(-c2cc3cccc(OCC4CNC(=O)C4)c3n2CC2CC2)nc2cc3c(cc21)CCN(c1cccc(F)c1N)C3=O. The summed E-state index contributed by atoms with van der Waals surface area (Å²) in [4.78, 5) is 32.0. The van der Waals surface area contributed by atoms with Crippen LogP contribution in [0.4, 0.5) is 15.8 Å². The summed E-state index contributed by atoms with van der Waals surface area (Å²) in [7, 11) is 2.02. The lowest BCUT2D eigenvalue weighted by atomic mass is 9.97. The van der Waals surface area contributed by atoms with E-state index in [1.54, 1.807) is 17.0 Å². The second kappa shape index (κ2) is 10.1. The summed E-state index contributed by atoms with van der Waals surface area (Å²) in [5.41, 5.74) is 11.6. The largest absolute Gasteiger partial charge is 0.491 e. The summed E-state index contributed by atoms with van der Waals surface area (Å²) in [6.45, 7) is 2.40. The first-order valence-electron chi connectivity index (χ1n) is 15.2. The van der Waals surface area contributed by atoms with Gasteiger partial charge in [0.05, 0.1) is 40.2 Å². The van der Waals surface area contributed by atoms with Gasteiger partial charge in [0.15, 0.2) is 5.82 Å². The van der Waals surface area contributed by atoms with Gasteiger partial charge in [0.1, 0.15) is 11.6 Å². The standard InChI is InChI=1S/C34H33FN6O3/c1-39-27-13-21-10-11-40(26-6-3-5-24(35)31(26)36)34(43)23(21)15-25(27)38-33(39)28-14-22-4-2-7-29(32(22)41(28)17-19-8-9-19)44-18-20-12-30(42)37-16-20/h2-7,13-15,19-20H,8-12,16-18,36H2,1H3,(H,37,42). The maximum atomic E-state index is 14.2. The lowest BCUT2D eigenvalue weighted by molar-refractivity contribution is -0.119. The number of rotatable bonds is 7. The van der Waals surface area contributed by atoms with Crippen LogP contribution >= 0.6 is 0 Å². The van der Waals surface area contributed by atoms with E-state index in [2.05, 4.69) is 32.7 Å². The molecule has 2 fully saturated rings. The molecule has 4 heterocycles. The predicted molar refractivity (Wildman–Crippen MR) is 167 cm³/mol. The molecular weight excluding hydrogens is 559 g/mol. The highest BCUT2D eigenvalue weighted by atomic mass is 19.1. The van der Waals surface area contributed by atoms with Gasteiger partial charge in [-0.05, 0) is 67.1 Å². The van der Waals surface area contributed by atoms with Crippen LogP contribution in [0.5, 0.6) is 5.75 Å². The summed E-state index contributed by atoms with van der Waals surface area (Å²) in [6, 6.07) is 16.8. The number of imidazole rings is 1. The number of halogens is 1. The number of carbonyl (C=O) groups is 2. The molecule has 2 amide bonds. The maximum Gasteiger partial charge on any atom is 0.258 e. The molecule has 3 N–H and O–H groups in total. The topological polar surface area (TPSA) is 107 Å². The first kappa shape index (κ1) is 26.7. The number of nitrogens with zero attached hydrogens (tertiary/aromatic N) is 4. The van der Waals surface area contributed by atoms with E-state index in [-0.39, 0.29) is 23.4 Å². The van der Waals surface area contributed by atoms with Crippen LogP contribution in [-0.2, 0) is 24.8 Å². The van der Waals surface area contributed by atoms with Gasteiger partial charge < -0.3 is 29.8 Å². The number of hydrogen-bond acceptors (Lipinski definition) is 5. The molecule has 10 heteroatoms. The molecule has 8 rings (SSSR count). The molecule has 224 valence electrons. The van der Waals surface area contributed by atoms with Crippen molar-refractivity contribution in [1.29, 1.82) is 0 Å². The van der Waals surface area contributed by atoms with E-state index in [0.29, 0.717) is 49.7 Å². The van der Waals surface area contributed by atoms with E-state index in [4.69, 9.17) is 15.5 Å². The zero-order valence-corrected chi connectivity index (χ0v) is 24.5. The van der Waals surface area contributed by atoms with Crippen LogP contribution in [0.3, 0.4) is 0 Å². The summed E-state index contributed by atoms with van der Waals surface area (Å²) in [5, 5.41) is 3.96. The fourth-order valence-electron chi connectivity index (χ4n) is 6.72. The molecule has 0 spiro atoms. The number of fused-ring (bicyclic) bond motifs is 3. The Morgan fingerprint density at radius 1 is 1.09 bits per heavy atom. The Morgan fingerprint density at radius 3 is 2.73 bits per heavy atom. The highest BCUT2D eigenvalue weighted by molar-refractivity contribution is 6.11. The smallest absolute Gasteiger partial charge is 0.258 e. The second-order valence-electron chi connectivity index (χ2n) is 12.3. The molecular formula is C34H33FN6O3. The minimum absolute atomic E-state index is 0.0225. The van der Waals surface area contributed by atoms with E-state index >= 15 is 0 Å². The first-order valence-corrected chi connectivity index (χ1v) is 15.2. The summed E-state index contributed by atoms with van der Waals surface area (Å²) >= 11 is 0. The number of para-hydroxylation sites is 2. The van der Waals surface area contributed by atoms with Gasteiger partial charge in [-0.25, -0.2) is 9.37 Å². The second-order valence-corrected chi connectivity index (χ2v) is 12.3. The van der Waals surface area contributed by atoms with Gasteiger partial charge in [-0.15, -0.1) is 0 Å². The van der Waals surface area contributed by atoms with Crippen molar-refractivity contribution in [2.45, 2.75) is 32.2 Å². The number of hydrogen-bond donors (Lipinski definition) is 2. The van der Waals surface area contributed by atoms with Crippen LogP contribution in [0.25, 0.3) is 33.5 Å². The maximum absolute atomic E-state index is 14.2. The highest BCUT2D eigenvalue weighted by Crippen LogP contribution is 2.40. The third-order valence-electron chi connectivity index (χ3n) is 9.29. The third-order valence-corrected chi connectivity index (χ3v) is 9.29. The van der Waals surface area contributed by atoms with Crippen molar-refractivity contribution in [3.05, 3.63) is 71.5 Å². The van der Waals surface area contributed by atoms with Crippen LogP contribution in [0.15, 0.2) is 54.6 Å². The van der Waals surface area contributed by atoms with Crippen molar-refractivity contribution in [2.75, 3.05) is 30.3 Å². The van der Waals surface area contributed by atoms with Crippen LogP contribution in [0.1, 0.15) is 35.2 Å². The monoisotopic (exact) mass is 592 g/mol. The molecule has 3 aromatic carbocycles. The Kier molecular flexibility index (Phi) is 6.14. The van der Waals surface area contributed by atoms with Crippen LogP contribution < -0.4 is 20.7 Å². The lowest BCUT2D eigenvalue weighted by Crippen LogP contribution is -2.38. The number of carbonyl (C=O) groups excluding carboxylic acids is 2. The highest BCUT2D eigenvalue weighted by Gasteiger charge is 2.31. The van der Waals surface area contributed by atoms with Crippen LogP contribution in [0.2, 0.25) is 0 Å². The number of nitrogens with two attached hydrogens (primary N) is 1. The summed E-state index contributed by atoms with van der Waals surface area (Å²) in [5.74, 6) is 1.72. The number of nitrogens with one attached hydrogen (secondary N) is 1. The molecule has 1 unspecified atom stereocenters. The predicted octanol–water partition coefficient (Wildman–Crippen LogP) is 5.04. The number of nitrogen functional groups attached to an aromatic ring is 1. The van der Waals surface area contributed by atoms with Crippen molar-refractivity contribution in [3.63, 3.8) is 0 Å². The average Bonchev–Trinajstić information content (AvgIpc) is 3.50. The number of aromatic nitrogens is 3. The number of amides is 2. The lowest BCUT2D eigenvalue weighted by Gasteiger charge is -2.29. The van der Waals surface area contributed by atoms with Crippen LogP contribution in [-0.4, -0.2) is 45.6 Å². The third kappa shape index (κ3) is 4.39. The zero-order chi connectivity index (χ0) is 30.1. The number of ether oxygens (including phenoxy) is 1.